The fourth-order valence-electron chi connectivity index (χ4n) is 5.24. The van der Waals surface area contributed by atoms with Crippen LogP contribution in [0.3, 0.4) is 0 Å². The molecule has 0 amide bonds. The summed E-state index contributed by atoms with van der Waals surface area (Å²) in [4.78, 5) is 27.6. The average Bonchev–Trinajstić information content (AvgIpc) is 3.38. The number of hydrogen-bond donors (Lipinski definition) is 0. The molecule has 1 aromatic heterocycles. The molecule has 5 rings (SSSR count). The minimum absolute atomic E-state index is 0.0261. The summed E-state index contributed by atoms with van der Waals surface area (Å²) in [7, 11) is 0. The third-order valence-electron chi connectivity index (χ3n) is 7.16. The van der Waals surface area contributed by atoms with Crippen LogP contribution < -0.4 is 15.0 Å². The van der Waals surface area contributed by atoms with Crippen LogP contribution >= 0.6 is 0 Å². The number of nitrogens with zero attached hydrogens (tertiary/aromatic N) is 1. The van der Waals surface area contributed by atoms with E-state index in [4.69, 9.17) is 9.47 Å². The van der Waals surface area contributed by atoms with Gasteiger partial charge < -0.3 is 9.47 Å². The normalized spacial score (nSPS) is 14.5. The van der Waals surface area contributed by atoms with Crippen molar-refractivity contribution >= 4 is 5.78 Å². The first-order valence-corrected chi connectivity index (χ1v) is 13.2. The molecular weight excluding hydrogens is 557 g/mol. The van der Waals surface area contributed by atoms with Crippen LogP contribution in [0.15, 0.2) is 71.5 Å². The lowest BCUT2D eigenvalue weighted by Crippen LogP contribution is -2.30. The zero-order chi connectivity index (χ0) is 30.3. The predicted octanol–water partition coefficient (Wildman–Crippen LogP) is 7.32. The second-order valence-electron chi connectivity index (χ2n) is 10.2. The molecule has 1 aliphatic heterocycles. The van der Waals surface area contributed by atoms with Crippen molar-refractivity contribution in [3.63, 3.8) is 0 Å². The highest BCUT2D eigenvalue weighted by molar-refractivity contribution is 5.99. The number of fused-ring (bicyclic) bond motifs is 1. The van der Waals surface area contributed by atoms with Crippen LogP contribution in [0.25, 0.3) is 11.1 Å². The standard InChI is InChI=1S/C32H26F5NO4/c1-17(2)42-26-14-7-11-20(28(26)34)27-18(3)21(15-22-23(32(35,36)37)12-8-13-24(22)33)31-38(30(27)40)25(16-41-31)29(39)19-9-5-4-6-10-19/h4-14,17,25H,15-16H2,1-3H3. The number of alkyl halides is 3. The molecule has 0 saturated carbocycles. The van der Waals surface area contributed by atoms with Gasteiger partial charge in [-0.15, -0.1) is 0 Å². The topological polar surface area (TPSA) is 57.5 Å². The monoisotopic (exact) mass is 583 g/mol. The molecule has 1 aliphatic rings. The van der Waals surface area contributed by atoms with Crippen molar-refractivity contribution in [2.24, 2.45) is 0 Å². The van der Waals surface area contributed by atoms with E-state index in [0.29, 0.717) is 0 Å². The fraction of sp³-hybridized carbons (Fsp3) is 0.250. The third kappa shape index (κ3) is 5.17. The lowest BCUT2D eigenvalue weighted by atomic mass is 9.91. The molecule has 0 bridgehead atoms. The first kappa shape index (κ1) is 29.0. The highest BCUT2D eigenvalue weighted by Gasteiger charge is 2.39. The number of pyridine rings is 1. The minimum atomic E-state index is -4.87. The van der Waals surface area contributed by atoms with Gasteiger partial charge in [-0.3, -0.25) is 14.2 Å². The Morgan fingerprint density at radius 2 is 1.69 bits per heavy atom. The highest BCUT2D eigenvalue weighted by Crippen LogP contribution is 2.41. The summed E-state index contributed by atoms with van der Waals surface area (Å²) in [6, 6.07) is 13.8. The van der Waals surface area contributed by atoms with Crippen LogP contribution in [0.4, 0.5) is 22.0 Å². The average molecular weight is 584 g/mol. The van der Waals surface area contributed by atoms with Gasteiger partial charge in [-0.25, -0.2) is 8.78 Å². The van der Waals surface area contributed by atoms with Crippen molar-refractivity contribution in [3.05, 3.63) is 117 Å². The van der Waals surface area contributed by atoms with Gasteiger partial charge in [-0.1, -0.05) is 48.5 Å². The summed E-state index contributed by atoms with van der Waals surface area (Å²) in [5, 5.41) is 0. The minimum Gasteiger partial charge on any atom is -0.488 e. The lowest BCUT2D eigenvalue weighted by Gasteiger charge is -2.21. The van der Waals surface area contributed by atoms with E-state index in [9.17, 15) is 27.2 Å². The van der Waals surface area contributed by atoms with Crippen molar-refractivity contribution in [2.75, 3.05) is 6.61 Å². The van der Waals surface area contributed by atoms with Crippen molar-refractivity contribution in [3.8, 4) is 22.8 Å². The zero-order valence-corrected chi connectivity index (χ0v) is 22.9. The van der Waals surface area contributed by atoms with Gasteiger partial charge in [0.1, 0.15) is 18.5 Å². The number of aromatic nitrogens is 1. The van der Waals surface area contributed by atoms with Crippen LogP contribution in [0.1, 0.15) is 52.5 Å². The molecule has 0 radical (unpaired) electrons. The summed E-state index contributed by atoms with van der Waals surface area (Å²) in [5.74, 6) is -2.73. The lowest BCUT2D eigenvalue weighted by molar-refractivity contribution is -0.138. The molecular formula is C32H26F5NO4. The number of benzene rings is 3. The maximum Gasteiger partial charge on any atom is 0.416 e. The van der Waals surface area contributed by atoms with E-state index in [1.54, 1.807) is 44.2 Å². The van der Waals surface area contributed by atoms with E-state index in [2.05, 4.69) is 0 Å². The van der Waals surface area contributed by atoms with E-state index >= 15 is 4.39 Å². The Balaban J connectivity index is 1.79. The van der Waals surface area contributed by atoms with Gasteiger partial charge in [0.25, 0.3) is 5.56 Å². The number of carbonyl (C=O) groups excluding carboxylic acids is 1. The Hall–Kier alpha value is -4.47. The van der Waals surface area contributed by atoms with Crippen LogP contribution in [0, 0.1) is 18.6 Å². The van der Waals surface area contributed by atoms with Gasteiger partial charge in [-0.05, 0) is 44.5 Å². The quantitative estimate of drug-likeness (QED) is 0.169. The molecule has 2 heterocycles. The number of Topliss-reactive ketones (excluding diaryl/α,β-unsaturated/α-hetero) is 1. The van der Waals surface area contributed by atoms with Crippen LogP contribution in [-0.2, 0) is 12.6 Å². The number of carbonyl (C=O) groups is 1. The summed E-state index contributed by atoms with van der Waals surface area (Å²) >= 11 is 0. The van der Waals surface area contributed by atoms with Crippen LogP contribution in [0.5, 0.6) is 11.6 Å². The Morgan fingerprint density at radius 3 is 2.36 bits per heavy atom. The summed E-state index contributed by atoms with van der Waals surface area (Å²) in [6.45, 7) is 4.54. The smallest absolute Gasteiger partial charge is 0.416 e. The molecule has 0 aliphatic carbocycles. The Kier molecular flexibility index (Phi) is 7.66. The Labute approximate surface area is 238 Å². The molecule has 0 saturated heterocycles. The summed E-state index contributed by atoms with van der Waals surface area (Å²) in [5.41, 5.74) is -2.60. The van der Waals surface area contributed by atoms with E-state index in [0.717, 1.165) is 22.8 Å². The number of hydrogen-bond acceptors (Lipinski definition) is 4. The maximum atomic E-state index is 15.8. The summed E-state index contributed by atoms with van der Waals surface area (Å²) in [6.07, 6.45) is -5.90. The van der Waals surface area contributed by atoms with E-state index in [1.807, 2.05) is 0 Å². The van der Waals surface area contributed by atoms with Crippen molar-refractivity contribution < 1.29 is 36.2 Å². The highest BCUT2D eigenvalue weighted by atomic mass is 19.4. The molecule has 0 fully saturated rings. The first-order chi connectivity index (χ1) is 19.9. The number of ether oxygens (including phenoxy) is 2. The molecule has 42 heavy (non-hydrogen) atoms. The molecule has 5 nitrogen and oxygen atoms in total. The molecule has 1 atom stereocenters. The second kappa shape index (κ2) is 11.1. The zero-order valence-electron chi connectivity index (χ0n) is 22.9. The predicted molar refractivity (Wildman–Crippen MR) is 146 cm³/mol. The van der Waals surface area contributed by atoms with Crippen LogP contribution in [-0.4, -0.2) is 23.1 Å². The number of rotatable bonds is 7. The van der Waals surface area contributed by atoms with Crippen molar-refractivity contribution in [2.45, 2.75) is 45.5 Å². The van der Waals surface area contributed by atoms with Crippen LogP contribution in [0.2, 0.25) is 0 Å². The fourth-order valence-corrected chi connectivity index (χ4v) is 5.24. The Bertz CT molecular complexity index is 1730. The van der Waals surface area contributed by atoms with Crippen molar-refractivity contribution in [1.29, 1.82) is 0 Å². The number of ketones is 1. The maximum absolute atomic E-state index is 15.8. The van der Waals surface area contributed by atoms with Gasteiger partial charge in [0, 0.05) is 28.7 Å². The first-order valence-electron chi connectivity index (χ1n) is 13.2. The van der Waals surface area contributed by atoms with E-state index < -0.39 is 58.8 Å². The molecule has 10 heteroatoms. The van der Waals surface area contributed by atoms with E-state index in [1.165, 1.54) is 25.1 Å². The SMILES string of the molecule is Cc1c(Cc2c(F)cccc2C(F)(F)F)c2n(c(=O)c1-c1cccc(OC(C)C)c1F)C(C(=O)c1ccccc1)CO2. The molecule has 4 aromatic rings. The largest absolute Gasteiger partial charge is 0.488 e. The summed E-state index contributed by atoms with van der Waals surface area (Å²) < 4.78 is 84.9. The second-order valence-corrected chi connectivity index (χ2v) is 10.2. The van der Waals surface area contributed by atoms with Gasteiger partial charge in [0.05, 0.1) is 17.2 Å². The van der Waals surface area contributed by atoms with Gasteiger partial charge in [-0.2, -0.15) is 13.2 Å². The van der Waals surface area contributed by atoms with Gasteiger partial charge in [0.2, 0.25) is 5.88 Å². The Morgan fingerprint density at radius 1 is 1.00 bits per heavy atom. The van der Waals surface area contributed by atoms with Crippen molar-refractivity contribution in [1.82, 2.24) is 4.57 Å². The van der Waals surface area contributed by atoms with Gasteiger partial charge >= 0.3 is 6.18 Å². The molecule has 0 spiro atoms. The van der Waals surface area contributed by atoms with Gasteiger partial charge in [0.15, 0.2) is 17.3 Å². The molecule has 0 N–H and O–H groups in total. The molecule has 218 valence electrons. The van der Waals surface area contributed by atoms with E-state index in [-0.39, 0.29) is 46.1 Å². The molecule has 3 aromatic carbocycles. The third-order valence-corrected chi connectivity index (χ3v) is 7.16. The number of halogens is 5. The molecule has 1 unspecified atom stereocenters.